The van der Waals surface area contributed by atoms with Gasteiger partial charge in [0, 0.05) is 29.6 Å². The minimum Gasteiger partial charge on any atom is -0.381 e. The molecule has 1 saturated heterocycles. The molecule has 1 fully saturated rings. The SMILES string of the molecule is Brc1cccc(C2(CNc3cncc4ncnn34)CCOCC2)c1. The maximum Gasteiger partial charge on any atom is 0.175 e. The summed E-state index contributed by atoms with van der Waals surface area (Å²) in [5, 5.41) is 7.79. The van der Waals surface area contributed by atoms with E-state index in [0.717, 1.165) is 48.5 Å². The Morgan fingerprint density at radius 2 is 2.12 bits per heavy atom. The Kier molecular flexibility index (Phi) is 4.20. The van der Waals surface area contributed by atoms with Gasteiger partial charge >= 0.3 is 0 Å². The number of anilines is 1. The Morgan fingerprint density at radius 1 is 1.25 bits per heavy atom. The zero-order valence-corrected chi connectivity index (χ0v) is 14.7. The highest BCUT2D eigenvalue weighted by Crippen LogP contribution is 2.36. The number of nitrogens with one attached hydrogen (secondary N) is 1. The molecule has 3 heterocycles. The largest absolute Gasteiger partial charge is 0.381 e. The molecule has 124 valence electrons. The lowest BCUT2D eigenvalue weighted by Gasteiger charge is -2.38. The molecule has 0 bridgehead atoms. The van der Waals surface area contributed by atoms with Gasteiger partial charge in [-0.2, -0.15) is 9.61 Å². The number of ether oxygens (including phenoxy) is 1. The molecule has 24 heavy (non-hydrogen) atoms. The second-order valence-corrected chi connectivity index (χ2v) is 6.99. The van der Waals surface area contributed by atoms with E-state index < -0.39 is 0 Å². The van der Waals surface area contributed by atoms with Crippen LogP contribution in [0.1, 0.15) is 18.4 Å². The van der Waals surface area contributed by atoms with E-state index in [-0.39, 0.29) is 5.41 Å². The molecule has 6 nitrogen and oxygen atoms in total. The Morgan fingerprint density at radius 3 is 2.96 bits per heavy atom. The van der Waals surface area contributed by atoms with Crippen molar-refractivity contribution in [3.63, 3.8) is 0 Å². The normalized spacial score (nSPS) is 17.0. The maximum absolute atomic E-state index is 5.61. The number of halogens is 1. The fourth-order valence-corrected chi connectivity index (χ4v) is 3.68. The van der Waals surface area contributed by atoms with Crippen LogP contribution in [-0.4, -0.2) is 39.3 Å². The number of nitrogens with zero attached hydrogens (tertiary/aromatic N) is 4. The van der Waals surface area contributed by atoms with Gasteiger partial charge in [0.1, 0.15) is 12.1 Å². The second-order valence-electron chi connectivity index (χ2n) is 6.08. The van der Waals surface area contributed by atoms with E-state index in [1.165, 1.54) is 5.56 Å². The third kappa shape index (κ3) is 2.89. The predicted molar refractivity (Wildman–Crippen MR) is 95.1 cm³/mol. The second kappa shape index (κ2) is 6.49. The van der Waals surface area contributed by atoms with Crippen molar-refractivity contribution in [2.75, 3.05) is 25.1 Å². The van der Waals surface area contributed by atoms with Gasteiger partial charge in [0.05, 0.1) is 12.4 Å². The number of benzene rings is 1. The summed E-state index contributed by atoms with van der Waals surface area (Å²) in [5.74, 6) is 0.853. The van der Waals surface area contributed by atoms with E-state index in [9.17, 15) is 0 Å². The molecule has 0 aliphatic carbocycles. The minimum absolute atomic E-state index is 0.0325. The Bertz CT molecular complexity index is 844. The average molecular weight is 388 g/mol. The quantitative estimate of drug-likeness (QED) is 0.745. The highest BCUT2D eigenvalue weighted by atomic mass is 79.9. The van der Waals surface area contributed by atoms with Gasteiger partial charge in [0.15, 0.2) is 5.65 Å². The zero-order chi connectivity index (χ0) is 16.4. The van der Waals surface area contributed by atoms with Gasteiger partial charge in [-0.3, -0.25) is 4.98 Å². The van der Waals surface area contributed by atoms with Gasteiger partial charge in [-0.1, -0.05) is 28.1 Å². The third-order valence-corrected chi connectivity index (χ3v) is 5.18. The summed E-state index contributed by atoms with van der Waals surface area (Å²) in [5.41, 5.74) is 2.10. The first-order valence-corrected chi connectivity index (χ1v) is 8.78. The van der Waals surface area contributed by atoms with Crippen molar-refractivity contribution >= 4 is 27.4 Å². The number of fused-ring (bicyclic) bond motifs is 1. The summed E-state index contributed by atoms with van der Waals surface area (Å²) in [4.78, 5) is 8.42. The molecular formula is C17H18BrN5O. The van der Waals surface area contributed by atoms with Crippen LogP contribution in [0.2, 0.25) is 0 Å². The Balaban J connectivity index is 1.64. The number of hydrogen-bond donors (Lipinski definition) is 1. The van der Waals surface area contributed by atoms with Crippen molar-refractivity contribution in [3.8, 4) is 0 Å². The zero-order valence-electron chi connectivity index (χ0n) is 13.2. The van der Waals surface area contributed by atoms with E-state index in [1.54, 1.807) is 23.2 Å². The molecule has 1 N–H and O–H groups in total. The van der Waals surface area contributed by atoms with E-state index in [2.05, 4.69) is 60.6 Å². The van der Waals surface area contributed by atoms with Crippen LogP contribution >= 0.6 is 15.9 Å². The van der Waals surface area contributed by atoms with Gasteiger partial charge in [-0.15, -0.1) is 0 Å². The van der Waals surface area contributed by atoms with E-state index in [0.29, 0.717) is 0 Å². The van der Waals surface area contributed by atoms with Gasteiger partial charge in [0.2, 0.25) is 0 Å². The van der Waals surface area contributed by atoms with Crippen LogP contribution in [0, 0.1) is 0 Å². The van der Waals surface area contributed by atoms with Crippen molar-refractivity contribution < 1.29 is 4.74 Å². The first-order valence-electron chi connectivity index (χ1n) is 7.98. The molecule has 0 radical (unpaired) electrons. The maximum atomic E-state index is 5.61. The van der Waals surface area contributed by atoms with Crippen molar-refractivity contribution in [1.29, 1.82) is 0 Å². The fourth-order valence-electron chi connectivity index (χ4n) is 3.28. The van der Waals surface area contributed by atoms with Gasteiger partial charge in [0.25, 0.3) is 0 Å². The monoisotopic (exact) mass is 387 g/mol. The summed E-state index contributed by atoms with van der Waals surface area (Å²) in [6, 6.07) is 8.56. The van der Waals surface area contributed by atoms with Crippen molar-refractivity contribution in [1.82, 2.24) is 19.6 Å². The van der Waals surface area contributed by atoms with Crippen molar-refractivity contribution in [3.05, 3.63) is 53.0 Å². The summed E-state index contributed by atoms with van der Waals surface area (Å²) in [6.07, 6.45) is 7.00. The molecule has 0 amide bonds. The van der Waals surface area contributed by atoms with E-state index >= 15 is 0 Å². The summed E-state index contributed by atoms with van der Waals surface area (Å²) >= 11 is 3.59. The van der Waals surface area contributed by atoms with Crippen LogP contribution in [0.25, 0.3) is 5.65 Å². The first kappa shape index (κ1) is 15.5. The highest BCUT2D eigenvalue weighted by Gasteiger charge is 2.34. The van der Waals surface area contributed by atoms with E-state index in [4.69, 9.17) is 4.74 Å². The molecule has 1 aliphatic rings. The molecule has 3 aromatic rings. The smallest absolute Gasteiger partial charge is 0.175 e. The third-order valence-electron chi connectivity index (χ3n) is 4.68. The molecule has 0 atom stereocenters. The van der Waals surface area contributed by atoms with Gasteiger partial charge in [-0.25, -0.2) is 4.98 Å². The highest BCUT2D eigenvalue weighted by molar-refractivity contribution is 9.10. The van der Waals surface area contributed by atoms with Crippen LogP contribution in [-0.2, 0) is 10.2 Å². The number of hydrogen-bond acceptors (Lipinski definition) is 5. The number of rotatable bonds is 4. The molecular weight excluding hydrogens is 370 g/mol. The summed E-state index contributed by atoms with van der Waals surface area (Å²) < 4.78 is 8.49. The standard InChI is InChI=1S/C17H18BrN5O/c18-14-3-1-2-13(8-14)17(4-6-24-7-5-17)11-20-15-9-19-10-16-21-12-22-23(15)16/h1-3,8-10,12,20H,4-7,11H2. The molecule has 7 heteroatoms. The van der Waals surface area contributed by atoms with Crippen LogP contribution in [0.15, 0.2) is 47.5 Å². The van der Waals surface area contributed by atoms with Gasteiger partial charge in [-0.05, 0) is 30.5 Å². The van der Waals surface area contributed by atoms with Crippen LogP contribution < -0.4 is 5.32 Å². The van der Waals surface area contributed by atoms with E-state index in [1.807, 2.05) is 0 Å². The summed E-state index contributed by atoms with van der Waals surface area (Å²) in [6.45, 7) is 2.35. The van der Waals surface area contributed by atoms with Crippen LogP contribution in [0.3, 0.4) is 0 Å². The topological polar surface area (TPSA) is 64.3 Å². The summed E-state index contributed by atoms with van der Waals surface area (Å²) in [7, 11) is 0. The molecule has 1 aromatic carbocycles. The van der Waals surface area contributed by atoms with Gasteiger partial charge < -0.3 is 10.1 Å². The Hall–Kier alpha value is -1.99. The molecule has 0 spiro atoms. The molecule has 4 rings (SSSR count). The minimum atomic E-state index is 0.0325. The lowest BCUT2D eigenvalue weighted by Crippen LogP contribution is -2.40. The molecule has 1 aliphatic heterocycles. The first-order chi connectivity index (χ1) is 11.8. The van der Waals surface area contributed by atoms with Crippen LogP contribution in [0.4, 0.5) is 5.82 Å². The van der Waals surface area contributed by atoms with Crippen molar-refractivity contribution in [2.45, 2.75) is 18.3 Å². The molecule has 0 unspecified atom stereocenters. The molecule has 0 saturated carbocycles. The lowest BCUT2D eigenvalue weighted by atomic mass is 9.74. The van der Waals surface area contributed by atoms with Crippen molar-refractivity contribution in [2.24, 2.45) is 0 Å². The lowest BCUT2D eigenvalue weighted by molar-refractivity contribution is 0.0543. The number of aromatic nitrogens is 4. The molecule has 2 aromatic heterocycles. The van der Waals surface area contributed by atoms with Crippen LogP contribution in [0.5, 0.6) is 0 Å². The fraction of sp³-hybridized carbons (Fsp3) is 0.353. The Labute approximate surface area is 148 Å². The predicted octanol–water partition coefficient (Wildman–Crippen LogP) is 3.05. The average Bonchev–Trinajstić information content (AvgIpc) is 3.10.